The zero-order valence-electron chi connectivity index (χ0n) is 12.2. The zero-order valence-corrected chi connectivity index (χ0v) is 12.2. The smallest absolute Gasteiger partial charge is 0.164 e. The van der Waals surface area contributed by atoms with Gasteiger partial charge >= 0.3 is 0 Å². The van der Waals surface area contributed by atoms with Crippen LogP contribution in [0.4, 0.5) is 0 Å². The lowest BCUT2D eigenvalue weighted by Crippen LogP contribution is -2.55. The van der Waals surface area contributed by atoms with E-state index >= 15 is 0 Å². The molecule has 2 atom stereocenters. The highest BCUT2D eigenvalue weighted by atomic mass is 16.1. The van der Waals surface area contributed by atoms with Gasteiger partial charge in [-0.2, -0.15) is 0 Å². The Morgan fingerprint density at radius 3 is 2.32 bits per heavy atom. The number of carbonyl (C=O) groups excluding carboxylic acids is 1. The van der Waals surface area contributed by atoms with E-state index in [1.165, 1.54) is 0 Å². The molecule has 104 valence electrons. The fraction of sp³-hybridized carbons (Fsp3) is 0.562. The summed E-state index contributed by atoms with van der Waals surface area (Å²) in [5, 5.41) is 0. The predicted molar refractivity (Wildman–Crippen MR) is 78.5 cm³/mol. The van der Waals surface area contributed by atoms with Crippen LogP contribution < -0.4 is 0 Å². The number of rotatable bonds is 4. The number of ketones is 1. The van der Waals surface area contributed by atoms with Crippen molar-refractivity contribution in [2.24, 2.45) is 0 Å². The molecule has 3 heteroatoms. The highest BCUT2D eigenvalue weighted by Crippen LogP contribution is 2.14. The van der Waals surface area contributed by atoms with Crippen LogP contribution in [0, 0.1) is 0 Å². The Labute approximate surface area is 116 Å². The summed E-state index contributed by atoms with van der Waals surface area (Å²) in [4.78, 5) is 16.9. The maximum atomic E-state index is 12.1. The quantitative estimate of drug-likeness (QED) is 0.776. The number of hydrogen-bond donors (Lipinski definition) is 0. The van der Waals surface area contributed by atoms with Crippen molar-refractivity contribution < 1.29 is 4.79 Å². The monoisotopic (exact) mass is 260 g/mol. The number of nitrogens with zero attached hydrogens (tertiary/aromatic N) is 2. The molecule has 0 spiro atoms. The number of piperazine rings is 1. The maximum Gasteiger partial charge on any atom is 0.164 e. The standard InChI is InChI=1S/C16H24N2O/c1-13-11-18(12-14(2)17(13)3)10-9-16(19)15-7-5-4-6-8-15/h4-8,13-14H,9-12H2,1-3H3. The molecule has 1 aliphatic rings. The van der Waals surface area contributed by atoms with Gasteiger partial charge in [-0.15, -0.1) is 0 Å². The zero-order chi connectivity index (χ0) is 13.8. The van der Waals surface area contributed by atoms with Crippen LogP contribution >= 0.6 is 0 Å². The molecule has 1 heterocycles. The summed E-state index contributed by atoms with van der Waals surface area (Å²) >= 11 is 0. The summed E-state index contributed by atoms with van der Waals surface area (Å²) in [6.45, 7) is 7.49. The maximum absolute atomic E-state index is 12.1. The number of carbonyl (C=O) groups is 1. The molecule has 19 heavy (non-hydrogen) atoms. The van der Waals surface area contributed by atoms with Crippen molar-refractivity contribution >= 4 is 5.78 Å². The minimum Gasteiger partial charge on any atom is -0.300 e. The summed E-state index contributed by atoms with van der Waals surface area (Å²) in [6, 6.07) is 10.7. The third kappa shape index (κ3) is 3.64. The Morgan fingerprint density at radius 2 is 1.74 bits per heavy atom. The van der Waals surface area contributed by atoms with Gasteiger partial charge in [0, 0.05) is 43.7 Å². The summed E-state index contributed by atoms with van der Waals surface area (Å²) in [5.41, 5.74) is 0.831. The molecule has 0 radical (unpaired) electrons. The van der Waals surface area contributed by atoms with Crippen molar-refractivity contribution in [3.8, 4) is 0 Å². The average Bonchev–Trinajstić information content (AvgIpc) is 2.43. The molecule has 0 N–H and O–H groups in total. The van der Waals surface area contributed by atoms with Gasteiger partial charge in [0.15, 0.2) is 5.78 Å². The number of hydrogen-bond acceptors (Lipinski definition) is 3. The van der Waals surface area contributed by atoms with E-state index in [9.17, 15) is 4.79 Å². The third-order valence-electron chi connectivity index (χ3n) is 4.19. The van der Waals surface area contributed by atoms with Crippen LogP contribution in [0.2, 0.25) is 0 Å². The average molecular weight is 260 g/mol. The van der Waals surface area contributed by atoms with E-state index in [0.717, 1.165) is 25.2 Å². The second kappa shape index (κ2) is 6.31. The number of Topliss-reactive ketones (excluding diaryl/α,β-unsaturated/α-hetero) is 1. The van der Waals surface area contributed by atoms with Crippen molar-refractivity contribution in [1.82, 2.24) is 9.80 Å². The Hall–Kier alpha value is -1.19. The fourth-order valence-corrected chi connectivity index (χ4v) is 2.72. The molecule has 0 bridgehead atoms. The Bertz CT molecular complexity index is 406. The number of benzene rings is 1. The Balaban J connectivity index is 1.84. The van der Waals surface area contributed by atoms with Crippen LogP contribution in [-0.4, -0.2) is 54.3 Å². The minimum absolute atomic E-state index is 0.250. The van der Waals surface area contributed by atoms with Gasteiger partial charge in [-0.3, -0.25) is 14.6 Å². The van der Waals surface area contributed by atoms with Gasteiger partial charge in [0.1, 0.15) is 0 Å². The minimum atomic E-state index is 0.250. The second-order valence-corrected chi connectivity index (χ2v) is 5.66. The molecular weight excluding hydrogens is 236 g/mol. The van der Waals surface area contributed by atoms with Crippen molar-refractivity contribution in [2.75, 3.05) is 26.7 Å². The molecule has 0 aliphatic carbocycles. The molecule has 1 saturated heterocycles. The van der Waals surface area contributed by atoms with Crippen molar-refractivity contribution in [1.29, 1.82) is 0 Å². The second-order valence-electron chi connectivity index (χ2n) is 5.66. The molecule has 3 nitrogen and oxygen atoms in total. The van der Waals surface area contributed by atoms with Crippen LogP contribution in [0.25, 0.3) is 0 Å². The summed E-state index contributed by atoms with van der Waals surface area (Å²) < 4.78 is 0. The van der Waals surface area contributed by atoms with Gasteiger partial charge in [0.2, 0.25) is 0 Å². The molecule has 1 aliphatic heterocycles. The van der Waals surface area contributed by atoms with Crippen LogP contribution in [0.5, 0.6) is 0 Å². The predicted octanol–water partition coefficient (Wildman–Crippen LogP) is 2.28. The Morgan fingerprint density at radius 1 is 1.16 bits per heavy atom. The molecule has 1 aromatic carbocycles. The summed E-state index contributed by atoms with van der Waals surface area (Å²) in [5.74, 6) is 0.250. The van der Waals surface area contributed by atoms with Gasteiger partial charge in [0.25, 0.3) is 0 Å². The van der Waals surface area contributed by atoms with E-state index in [4.69, 9.17) is 0 Å². The largest absolute Gasteiger partial charge is 0.300 e. The molecule has 0 amide bonds. The van der Waals surface area contributed by atoms with Crippen molar-refractivity contribution in [3.05, 3.63) is 35.9 Å². The first-order chi connectivity index (χ1) is 9.08. The van der Waals surface area contributed by atoms with Gasteiger partial charge in [-0.25, -0.2) is 0 Å². The molecule has 1 aromatic rings. The van der Waals surface area contributed by atoms with Crippen LogP contribution in [0.1, 0.15) is 30.6 Å². The number of likely N-dealkylation sites (N-methyl/N-ethyl adjacent to an activating group) is 1. The van der Waals surface area contributed by atoms with E-state index < -0.39 is 0 Å². The highest BCUT2D eigenvalue weighted by molar-refractivity contribution is 5.96. The van der Waals surface area contributed by atoms with Gasteiger partial charge < -0.3 is 0 Å². The lowest BCUT2D eigenvalue weighted by atomic mass is 10.1. The molecule has 1 fully saturated rings. The van der Waals surface area contributed by atoms with Gasteiger partial charge in [-0.1, -0.05) is 30.3 Å². The first kappa shape index (κ1) is 14.2. The van der Waals surface area contributed by atoms with Crippen LogP contribution in [-0.2, 0) is 0 Å². The third-order valence-corrected chi connectivity index (χ3v) is 4.19. The highest BCUT2D eigenvalue weighted by Gasteiger charge is 2.26. The fourth-order valence-electron chi connectivity index (χ4n) is 2.72. The van der Waals surface area contributed by atoms with E-state index in [-0.39, 0.29) is 5.78 Å². The van der Waals surface area contributed by atoms with Crippen LogP contribution in [0.3, 0.4) is 0 Å². The summed E-state index contributed by atoms with van der Waals surface area (Å²) in [6.07, 6.45) is 0.618. The first-order valence-electron chi connectivity index (χ1n) is 7.10. The Kier molecular flexibility index (Phi) is 4.72. The molecular formula is C16H24N2O. The molecule has 2 unspecified atom stereocenters. The van der Waals surface area contributed by atoms with E-state index in [1.807, 2.05) is 30.3 Å². The molecule has 2 rings (SSSR count). The van der Waals surface area contributed by atoms with E-state index in [1.54, 1.807) is 0 Å². The van der Waals surface area contributed by atoms with Crippen molar-refractivity contribution in [3.63, 3.8) is 0 Å². The molecule has 0 aromatic heterocycles. The molecule has 0 saturated carbocycles. The summed E-state index contributed by atoms with van der Waals surface area (Å²) in [7, 11) is 2.18. The SMILES string of the molecule is CC1CN(CCC(=O)c2ccccc2)CC(C)N1C. The lowest BCUT2D eigenvalue weighted by molar-refractivity contribution is 0.0575. The van der Waals surface area contributed by atoms with Gasteiger partial charge in [-0.05, 0) is 20.9 Å². The first-order valence-corrected chi connectivity index (χ1v) is 7.10. The topological polar surface area (TPSA) is 23.6 Å². The lowest BCUT2D eigenvalue weighted by Gasteiger charge is -2.42. The van der Waals surface area contributed by atoms with Gasteiger partial charge in [0.05, 0.1) is 0 Å². The van der Waals surface area contributed by atoms with Crippen LogP contribution in [0.15, 0.2) is 30.3 Å². The van der Waals surface area contributed by atoms with Crippen molar-refractivity contribution in [2.45, 2.75) is 32.4 Å². The van der Waals surface area contributed by atoms with E-state index in [2.05, 4.69) is 30.7 Å². The normalized spacial score (nSPS) is 25.4. The van der Waals surface area contributed by atoms with E-state index in [0.29, 0.717) is 18.5 Å².